The number of benzene rings is 2. The number of unbranched alkanes of at least 4 members (excludes halogenated alkanes) is 11. The Balaban J connectivity index is 0.00000420. The zero-order chi connectivity index (χ0) is 20.2. The molecule has 0 spiro atoms. The average molecular weight is 427 g/mol. The van der Waals surface area contributed by atoms with Gasteiger partial charge in [-0.15, -0.1) is 0 Å². The van der Waals surface area contributed by atoms with Gasteiger partial charge in [0.15, 0.2) is 0 Å². The van der Waals surface area contributed by atoms with Gasteiger partial charge in [-0.2, -0.15) is 0 Å². The molecule has 0 saturated carbocycles. The van der Waals surface area contributed by atoms with Gasteiger partial charge in [-0.25, -0.2) is 8.42 Å². The van der Waals surface area contributed by atoms with Crippen LogP contribution < -0.4 is 29.6 Å². The van der Waals surface area contributed by atoms with Crippen LogP contribution in [0.3, 0.4) is 0 Å². The molecule has 0 N–H and O–H groups in total. The van der Waals surface area contributed by atoms with E-state index in [0.717, 1.165) is 30.2 Å². The Morgan fingerprint density at radius 3 is 1.83 bits per heavy atom. The second-order valence-electron chi connectivity index (χ2n) is 7.91. The summed E-state index contributed by atoms with van der Waals surface area (Å²) in [6, 6.07) is 10.8. The van der Waals surface area contributed by atoms with Crippen LogP contribution in [-0.2, 0) is 16.5 Å². The standard InChI is InChI=1S/C24H36O3S.Na/c1-2-3-4-5-6-7-8-9-10-11-12-13-16-21-19-22-17-14-15-18-23(22)24(20-21)28(25,26)27;/h14-15,17-20H,2-13,16H2,1H3,(H,25,26,27);/q;+1/p-1. The smallest absolute Gasteiger partial charge is 0.744 e. The van der Waals surface area contributed by atoms with Gasteiger partial charge in [-0.05, 0) is 35.2 Å². The van der Waals surface area contributed by atoms with Gasteiger partial charge in [0.25, 0.3) is 0 Å². The molecule has 0 aliphatic carbocycles. The number of fused-ring (bicyclic) bond motifs is 1. The monoisotopic (exact) mass is 426 g/mol. The van der Waals surface area contributed by atoms with Crippen molar-refractivity contribution in [2.24, 2.45) is 0 Å². The molecule has 156 valence electrons. The molecule has 2 aromatic rings. The average Bonchev–Trinajstić information content (AvgIpc) is 2.67. The molecule has 0 amide bonds. The predicted molar refractivity (Wildman–Crippen MR) is 117 cm³/mol. The van der Waals surface area contributed by atoms with Crippen molar-refractivity contribution in [1.82, 2.24) is 0 Å². The second kappa shape index (κ2) is 14.6. The van der Waals surface area contributed by atoms with Crippen molar-refractivity contribution >= 4 is 20.9 Å². The third-order valence-corrected chi connectivity index (χ3v) is 6.35. The Morgan fingerprint density at radius 2 is 1.28 bits per heavy atom. The van der Waals surface area contributed by atoms with E-state index in [4.69, 9.17) is 0 Å². The summed E-state index contributed by atoms with van der Waals surface area (Å²) >= 11 is 0. The fourth-order valence-electron chi connectivity index (χ4n) is 3.86. The van der Waals surface area contributed by atoms with E-state index in [1.165, 1.54) is 64.2 Å². The van der Waals surface area contributed by atoms with E-state index < -0.39 is 10.1 Å². The molecule has 2 rings (SSSR count). The summed E-state index contributed by atoms with van der Waals surface area (Å²) in [4.78, 5) is -0.0838. The van der Waals surface area contributed by atoms with Crippen LogP contribution in [-0.4, -0.2) is 13.0 Å². The fraction of sp³-hybridized carbons (Fsp3) is 0.583. The van der Waals surface area contributed by atoms with E-state index in [-0.39, 0.29) is 34.5 Å². The molecule has 0 radical (unpaired) electrons. The van der Waals surface area contributed by atoms with Gasteiger partial charge in [0.1, 0.15) is 10.1 Å². The van der Waals surface area contributed by atoms with Crippen molar-refractivity contribution in [3.8, 4) is 0 Å². The van der Waals surface area contributed by atoms with Crippen LogP contribution in [0.5, 0.6) is 0 Å². The van der Waals surface area contributed by atoms with Crippen LogP contribution in [0.2, 0.25) is 0 Å². The molecule has 0 unspecified atom stereocenters. The fourth-order valence-corrected chi connectivity index (χ4v) is 4.61. The van der Waals surface area contributed by atoms with E-state index in [0.29, 0.717) is 5.39 Å². The molecule has 0 aromatic heterocycles. The Hall–Kier alpha value is -0.390. The Kier molecular flexibility index (Phi) is 13.4. The van der Waals surface area contributed by atoms with Crippen molar-refractivity contribution in [2.45, 2.75) is 95.3 Å². The number of rotatable bonds is 14. The Morgan fingerprint density at radius 1 is 0.759 bits per heavy atom. The van der Waals surface area contributed by atoms with Gasteiger partial charge in [0.05, 0.1) is 4.90 Å². The van der Waals surface area contributed by atoms with Gasteiger partial charge in [-0.3, -0.25) is 0 Å². The normalized spacial score (nSPS) is 11.5. The molecule has 0 heterocycles. The molecule has 29 heavy (non-hydrogen) atoms. The van der Waals surface area contributed by atoms with Crippen LogP contribution >= 0.6 is 0 Å². The molecular weight excluding hydrogens is 391 g/mol. The van der Waals surface area contributed by atoms with Crippen LogP contribution in [0.15, 0.2) is 41.3 Å². The minimum absolute atomic E-state index is 0. The van der Waals surface area contributed by atoms with E-state index in [9.17, 15) is 13.0 Å². The van der Waals surface area contributed by atoms with Crippen molar-refractivity contribution in [3.63, 3.8) is 0 Å². The van der Waals surface area contributed by atoms with E-state index in [2.05, 4.69) is 6.92 Å². The summed E-state index contributed by atoms with van der Waals surface area (Å²) in [6.07, 6.45) is 16.4. The van der Waals surface area contributed by atoms with Crippen LogP contribution in [0.25, 0.3) is 10.8 Å². The number of hydrogen-bond acceptors (Lipinski definition) is 3. The third kappa shape index (κ3) is 9.97. The number of hydrogen-bond donors (Lipinski definition) is 0. The van der Waals surface area contributed by atoms with Crippen LogP contribution in [0, 0.1) is 0 Å². The molecule has 0 aliphatic rings. The number of aryl methyl sites for hydroxylation is 1. The first-order valence-electron chi connectivity index (χ1n) is 11.0. The SMILES string of the molecule is CCCCCCCCCCCCCCc1cc(S(=O)(=O)[O-])c2ccccc2c1.[Na+]. The largest absolute Gasteiger partial charge is 1.00 e. The van der Waals surface area contributed by atoms with Gasteiger partial charge < -0.3 is 4.55 Å². The summed E-state index contributed by atoms with van der Waals surface area (Å²) in [6.45, 7) is 2.25. The minimum atomic E-state index is -4.46. The molecule has 0 aliphatic heterocycles. The molecular formula is C24H35NaO3S. The van der Waals surface area contributed by atoms with Crippen molar-refractivity contribution in [1.29, 1.82) is 0 Å². The summed E-state index contributed by atoms with van der Waals surface area (Å²) in [5.74, 6) is 0. The zero-order valence-electron chi connectivity index (χ0n) is 18.3. The zero-order valence-corrected chi connectivity index (χ0v) is 21.1. The van der Waals surface area contributed by atoms with Crippen molar-refractivity contribution in [2.75, 3.05) is 0 Å². The van der Waals surface area contributed by atoms with Crippen LogP contribution in [0.4, 0.5) is 0 Å². The quantitative estimate of drug-likeness (QED) is 0.261. The first kappa shape index (κ1) is 26.6. The Labute approximate surface area is 199 Å². The third-order valence-electron chi connectivity index (χ3n) is 5.47. The van der Waals surface area contributed by atoms with Crippen molar-refractivity contribution < 1.29 is 42.5 Å². The van der Waals surface area contributed by atoms with Gasteiger partial charge >= 0.3 is 29.6 Å². The van der Waals surface area contributed by atoms with Crippen LogP contribution in [0.1, 0.15) is 89.5 Å². The molecule has 2 aromatic carbocycles. The first-order chi connectivity index (χ1) is 13.5. The molecule has 3 nitrogen and oxygen atoms in total. The maximum Gasteiger partial charge on any atom is 1.00 e. The van der Waals surface area contributed by atoms with Crippen molar-refractivity contribution in [3.05, 3.63) is 42.0 Å². The minimum Gasteiger partial charge on any atom is -0.744 e. The van der Waals surface area contributed by atoms with Gasteiger partial charge in [0, 0.05) is 0 Å². The van der Waals surface area contributed by atoms with E-state index in [1.54, 1.807) is 18.2 Å². The van der Waals surface area contributed by atoms with Gasteiger partial charge in [0.2, 0.25) is 0 Å². The van der Waals surface area contributed by atoms with E-state index in [1.807, 2.05) is 18.2 Å². The van der Waals surface area contributed by atoms with E-state index >= 15 is 0 Å². The second-order valence-corrected chi connectivity index (χ2v) is 9.26. The summed E-state index contributed by atoms with van der Waals surface area (Å²) in [5, 5.41) is 1.35. The molecule has 5 heteroatoms. The maximum atomic E-state index is 11.6. The maximum absolute atomic E-state index is 11.6. The topological polar surface area (TPSA) is 57.2 Å². The molecule has 0 atom stereocenters. The summed E-state index contributed by atoms with van der Waals surface area (Å²) < 4.78 is 34.9. The predicted octanol–water partition coefficient (Wildman–Crippen LogP) is 3.99. The summed E-state index contributed by atoms with van der Waals surface area (Å²) in [5.41, 5.74) is 0.945. The first-order valence-corrected chi connectivity index (χ1v) is 12.4. The molecule has 0 fully saturated rings. The molecule has 0 bridgehead atoms. The Bertz CT molecular complexity index is 818. The van der Waals surface area contributed by atoms with Gasteiger partial charge in [-0.1, -0.05) is 108 Å². The molecule has 0 saturated heterocycles. The summed E-state index contributed by atoms with van der Waals surface area (Å²) in [7, 11) is -4.46.